The molecule has 0 atom stereocenters. The molecule has 1 aliphatic heterocycles. The second-order valence-electron chi connectivity index (χ2n) is 8.75. The Morgan fingerprint density at radius 1 is 1.03 bits per heavy atom. The summed E-state index contributed by atoms with van der Waals surface area (Å²) in [5, 5.41) is 0. The highest BCUT2D eigenvalue weighted by atomic mass is 16.6. The van der Waals surface area contributed by atoms with Gasteiger partial charge in [-0.1, -0.05) is 54.5 Å². The van der Waals surface area contributed by atoms with E-state index in [-0.39, 0.29) is 12.0 Å². The molecule has 2 aliphatic rings. The number of carbonyl (C=O) groups is 2. The highest BCUT2D eigenvalue weighted by Crippen LogP contribution is 2.44. The van der Waals surface area contributed by atoms with Crippen molar-refractivity contribution in [2.24, 2.45) is 0 Å². The molecule has 1 aliphatic carbocycles. The average molecular weight is 451 g/mol. The number of benzene rings is 3. The molecule has 0 radical (unpaired) electrons. The van der Waals surface area contributed by atoms with Crippen molar-refractivity contribution in [2.45, 2.75) is 12.8 Å². The SMILES string of the molecule is C#Cc1cc(C=O)cc(N2CCN(C(=O)OCC3c4ccccc4-c4ccccc43)CC2)c1C. The topological polar surface area (TPSA) is 49.9 Å². The number of ether oxygens (including phenoxy) is 1. The van der Waals surface area contributed by atoms with Crippen molar-refractivity contribution in [1.29, 1.82) is 0 Å². The fourth-order valence-electron chi connectivity index (χ4n) is 5.08. The van der Waals surface area contributed by atoms with E-state index in [2.05, 4.69) is 35.1 Å². The van der Waals surface area contributed by atoms with Gasteiger partial charge in [-0.05, 0) is 46.9 Å². The van der Waals surface area contributed by atoms with Gasteiger partial charge in [0.05, 0.1) is 0 Å². The predicted molar refractivity (Wildman–Crippen MR) is 133 cm³/mol. The summed E-state index contributed by atoms with van der Waals surface area (Å²) in [5.41, 5.74) is 8.05. The normalized spacial score (nSPS) is 14.8. The molecule has 0 saturated carbocycles. The first-order valence-electron chi connectivity index (χ1n) is 11.5. The van der Waals surface area contributed by atoms with Gasteiger partial charge < -0.3 is 14.5 Å². The van der Waals surface area contributed by atoms with E-state index in [1.165, 1.54) is 22.3 Å². The summed E-state index contributed by atoms with van der Waals surface area (Å²) in [5.74, 6) is 2.71. The molecule has 3 aromatic carbocycles. The maximum atomic E-state index is 12.9. The van der Waals surface area contributed by atoms with Crippen LogP contribution in [0.2, 0.25) is 0 Å². The second kappa shape index (κ2) is 9.07. The van der Waals surface area contributed by atoms with Gasteiger partial charge in [0.1, 0.15) is 12.9 Å². The van der Waals surface area contributed by atoms with Crippen LogP contribution in [0.1, 0.15) is 38.5 Å². The molecule has 3 aromatic rings. The minimum absolute atomic E-state index is 0.0496. The minimum Gasteiger partial charge on any atom is -0.448 e. The minimum atomic E-state index is -0.288. The molecule has 170 valence electrons. The summed E-state index contributed by atoms with van der Waals surface area (Å²) >= 11 is 0. The van der Waals surface area contributed by atoms with E-state index in [0.29, 0.717) is 38.3 Å². The van der Waals surface area contributed by atoms with E-state index < -0.39 is 0 Å². The number of aldehydes is 1. The quantitative estimate of drug-likeness (QED) is 0.421. The van der Waals surface area contributed by atoms with Crippen LogP contribution in [0.5, 0.6) is 0 Å². The van der Waals surface area contributed by atoms with Gasteiger partial charge in [0, 0.05) is 48.9 Å². The standard InChI is InChI=1S/C29H26N2O3/c1-3-22-16-21(18-32)17-28(20(22)2)30-12-14-31(15-13-30)29(33)34-19-27-25-10-6-4-8-23(25)24-9-5-7-11-26(24)27/h1,4-11,16-18,27H,12-15,19H2,2H3. The van der Waals surface area contributed by atoms with Crippen molar-refractivity contribution in [2.75, 3.05) is 37.7 Å². The smallest absolute Gasteiger partial charge is 0.409 e. The van der Waals surface area contributed by atoms with Crippen LogP contribution in [0.3, 0.4) is 0 Å². The van der Waals surface area contributed by atoms with Gasteiger partial charge in [0.15, 0.2) is 0 Å². The lowest BCUT2D eigenvalue weighted by Crippen LogP contribution is -2.49. The zero-order chi connectivity index (χ0) is 23.7. The summed E-state index contributed by atoms with van der Waals surface area (Å²) in [6, 6.07) is 20.2. The Morgan fingerprint density at radius 2 is 1.65 bits per heavy atom. The third kappa shape index (κ3) is 3.82. The molecule has 1 heterocycles. The van der Waals surface area contributed by atoms with Crippen molar-refractivity contribution in [3.63, 3.8) is 0 Å². The number of fused-ring (bicyclic) bond motifs is 3. The van der Waals surface area contributed by atoms with Crippen molar-refractivity contribution >= 4 is 18.1 Å². The van der Waals surface area contributed by atoms with Gasteiger partial charge in [-0.25, -0.2) is 4.79 Å². The van der Waals surface area contributed by atoms with Crippen molar-refractivity contribution < 1.29 is 14.3 Å². The fraction of sp³-hybridized carbons (Fsp3) is 0.241. The first-order chi connectivity index (χ1) is 16.6. The van der Waals surface area contributed by atoms with Crippen LogP contribution in [0.15, 0.2) is 60.7 Å². The first kappa shape index (κ1) is 21.8. The van der Waals surface area contributed by atoms with Crippen LogP contribution in [0, 0.1) is 19.3 Å². The van der Waals surface area contributed by atoms with Gasteiger partial charge in [-0.15, -0.1) is 6.42 Å². The Morgan fingerprint density at radius 3 is 2.24 bits per heavy atom. The van der Waals surface area contributed by atoms with Gasteiger partial charge in [0.2, 0.25) is 0 Å². The predicted octanol–water partition coefficient (Wildman–Crippen LogP) is 4.86. The van der Waals surface area contributed by atoms with Crippen LogP contribution < -0.4 is 4.90 Å². The van der Waals surface area contributed by atoms with Crippen LogP contribution in [-0.2, 0) is 4.74 Å². The largest absolute Gasteiger partial charge is 0.448 e. The summed E-state index contributed by atoms with van der Waals surface area (Å²) in [7, 11) is 0. The van der Waals surface area contributed by atoms with E-state index >= 15 is 0 Å². The Balaban J connectivity index is 1.24. The number of terminal acetylenes is 1. The fourth-order valence-corrected chi connectivity index (χ4v) is 5.08. The molecule has 0 unspecified atom stereocenters. The van der Waals surface area contributed by atoms with Crippen molar-refractivity contribution in [1.82, 2.24) is 4.90 Å². The Bertz CT molecular complexity index is 1250. The number of hydrogen-bond donors (Lipinski definition) is 0. The molecular formula is C29H26N2O3. The Labute approximate surface area is 200 Å². The molecule has 5 nitrogen and oxygen atoms in total. The van der Waals surface area contributed by atoms with Crippen LogP contribution in [-0.4, -0.2) is 50.1 Å². The second-order valence-corrected chi connectivity index (χ2v) is 8.75. The van der Waals surface area contributed by atoms with Crippen molar-refractivity contribution in [3.05, 3.63) is 88.5 Å². The average Bonchev–Trinajstić information content (AvgIpc) is 3.21. The maximum Gasteiger partial charge on any atom is 0.409 e. The maximum absolute atomic E-state index is 12.9. The number of nitrogens with zero attached hydrogens (tertiary/aromatic N) is 2. The van der Waals surface area contributed by atoms with Gasteiger partial charge >= 0.3 is 6.09 Å². The lowest BCUT2D eigenvalue weighted by atomic mass is 9.98. The third-order valence-electron chi connectivity index (χ3n) is 6.91. The lowest BCUT2D eigenvalue weighted by molar-refractivity contribution is 0.0976. The van der Waals surface area contributed by atoms with E-state index in [1.54, 1.807) is 11.0 Å². The van der Waals surface area contributed by atoms with E-state index in [9.17, 15) is 9.59 Å². The highest BCUT2D eigenvalue weighted by molar-refractivity contribution is 5.81. The number of carbonyl (C=O) groups excluding carboxylic acids is 2. The molecule has 5 rings (SSSR count). The Hall–Kier alpha value is -4.04. The molecule has 1 fully saturated rings. The summed E-state index contributed by atoms with van der Waals surface area (Å²) in [4.78, 5) is 28.2. The zero-order valence-electron chi connectivity index (χ0n) is 19.2. The van der Waals surface area contributed by atoms with Crippen LogP contribution in [0.4, 0.5) is 10.5 Å². The number of anilines is 1. The molecule has 0 spiro atoms. The third-order valence-corrected chi connectivity index (χ3v) is 6.91. The van der Waals surface area contributed by atoms with Crippen LogP contribution in [0.25, 0.3) is 11.1 Å². The van der Waals surface area contributed by atoms with Gasteiger partial charge in [-0.3, -0.25) is 4.79 Å². The molecular weight excluding hydrogens is 424 g/mol. The van der Waals surface area contributed by atoms with Crippen molar-refractivity contribution in [3.8, 4) is 23.5 Å². The molecule has 1 saturated heterocycles. The number of rotatable bonds is 4. The molecule has 0 N–H and O–H groups in total. The summed E-state index contributed by atoms with van der Waals surface area (Å²) in [6.45, 7) is 4.68. The highest BCUT2D eigenvalue weighted by Gasteiger charge is 2.30. The van der Waals surface area contributed by atoms with Gasteiger partial charge in [-0.2, -0.15) is 0 Å². The molecule has 34 heavy (non-hydrogen) atoms. The Kier molecular flexibility index (Phi) is 5.81. The monoisotopic (exact) mass is 450 g/mol. The number of piperazine rings is 1. The summed E-state index contributed by atoms with van der Waals surface area (Å²) in [6.07, 6.45) is 6.15. The van der Waals surface area contributed by atoms with Gasteiger partial charge in [0.25, 0.3) is 0 Å². The number of amides is 1. The first-order valence-corrected chi connectivity index (χ1v) is 11.5. The van der Waals surface area contributed by atoms with E-state index in [4.69, 9.17) is 11.2 Å². The van der Waals surface area contributed by atoms with E-state index in [0.717, 1.165) is 23.1 Å². The summed E-state index contributed by atoms with van der Waals surface area (Å²) < 4.78 is 5.81. The molecule has 0 aromatic heterocycles. The lowest BCUT2D eigenvalue weighted by Gasteiger charge is -2.36. The molecule has 5 heteroatoms. The van der Waals surface area contributed by atoms with E-state index in [1.807, 2.05) is 37.3 Å². The molecule has 1 amide bonds. The van der Waals surface area contributed by atoms with Crippen LogP contribution >= 0.6 is 0 Å². The molecule has 0 bridgehead atoms. The zero-order valence-corrected chi connectivity index (χ0v) is 19.2. The number of hydrogen-bond acceptors (Lipinski definition) is 4.